The molecule has 1 aliphatic rings. The van der Waals surface area contributed by atoms with Crippen molar-refractivity contribution in [1.82, 2.24) is 4.31 Å². The van der Waals surface area contributed by atoms with Crippen LogP contribution in [0.4, 0.5) is 4.39 Å². The number of hydrogen-bond donors (Lipinski definition) is 0. The van der Waals surface area contributed by atoms with Crippen molar-refractivity contribution < 1.29 is 17.5 Å². The van der Waals surface area contributed by atoms with Gasteiger partial charge in [0.2, 0.25) is 10.0 Å². The SMILES string of the molecule is O=S(=O)(c1ccccc1)N1[C@@H](c2ccc(F)cc2)CO[C@@H]1c1ccccc1. The quantitative estimate of drug-likeness (QED) is 0.675. The topological polar surface area (TPSA) is 46.6 Å². The third-order valence-electron chi connectivity index (χ3n) is 4.61. The third kappa shape index (κ3) is 3.39. The van der Waals surface area contributed by atoms with Gasteiger partial charge in [-0.1, -0.05) is 60.7 Å². The largest absolute Gasteiger partial charge is 0.356 e. The maximum atomic E-state index is 13.4. The molecule has 2 atom stereocenters. The maximum absolute atomic E-state index is 13.4. The summed E-state index contributed by atoms with van der Waals surface area (Å²) in [5.74, 6) is -0.366. The van der Waals surface area contributed by atoms with Crippen LogP contribution in [0.3, 0.4) is 0 Å². The summed E-state index contributed by atoms with van der Waals surface area (Å²) in [5.41, 5.74) is 1.44. The smallest absolute Gasteiger partial charge is 0.246 e. The van der Waals surface area contributed by atoms with Crippen molar-refractivity contribution in [2.24, 2.45) is 0 Å². The molecule has 0 unspecified atom stereocenters. The lowest BCUT2D eigenvalue weighted by molar-refractivity contribution is 0.0681. The van der Waals surface area contributed by atoms with E-state index in [1.807, 2.05) is 30.3 Å². The molecule has 27 heavy (non-hydrogen) atoms. The van der Waals surface area contributed by atoms with Crippen LogP contribution >= 0.6 is 0 Å². The van der Waals surface area contributed by atoms with Crippen LogP contribution in [0.25, 0.3) is 0 Å². The molecule has 0 saturated carbocycles. The van der Waals surface area contributed by atoms with Gasteiger partial charge in [0, 0.05) is 0 Å². The van der Waals surface area contributed by atoms with Gasteiger partial charge in [0.15, 0.2) is 6.23 Å². The van der Waals surface area contributed by atoms with Gasteiger partial charge in [-0.15, -0.1) is 0 Å². The molecule has 0 radical (unpaired) electrons. The molecule has 0 amide bonds. The van der Waals surface area contributed by atoms with Crippen LogP contribution in [0.5, 0.6) is 0 Å². The lowest BCUT2D eigenvalue weighted by atomic mass is 10.1. The average Bonchev–Trinajstić information content (AvgIpc) is 3.16. The highest BCUT2D eigenvalue weighted by atomic mass is 32.2. The fourth-order valence-corrected chi connectivity index (χ4v) is 4.99. The predicted molar refractivity (Wildman–Crippen MR) is 99.7 cm³/mol. The first-order valence-electron chi connectivity index (χ1n) is 8.58. The first-order chi connectivity index (χ1) is 13.1. The summed E-state index contributed by atoms with van der Waals surface area (Å²) in [6, 6.07) is 22.8. The monoisotopic (exact) mass is 383 g/mol. The Hall–Kier alpha value is -2.54. The van der Waals surface area contributed by atoms with Crippen LogP contribution in [0.2, 0.25) is 0 Å². The molecule has 138 valence electrons. The summed E-state index contributed by atoms with van der Waals surface area (Å²) in [4.78, 5) is 0.198. The first-order valence-corrected chi connectivity index (χ1v) is 10.0. The molecule has 3 aromatic carbocycles. The van der Waals surface area contributed by atoms with E-state index >= 15 is 0 Å². The molecule has 3 aromatic rings. The molecule has 1 heterocycles. The number of halogens is 1. The Kier molecular flexibility index (Phi) is 4.78. The van der Waals surface area contributed by atoms with Crippen molar-refractivity contribution in [3.63, 3.8) is 0 Å². The van der Waals surface area contributed by atoms with Crippen molar-refractivity contribution in [2.45, 2.75) is 17.2 Å². The summed E-state index contributed by atoms with van der Waals surface area (Å²) >= 11 is 0. The maximum Gasteiger partial charge on any atom is 0.246 e. The Morgan fingerprint density at radius 1 is 0.815 bits per heavy atom. The van der Waals surface area contributed by atoms with E-state index in [9.17, 15) is 12.8 Å². The first kappa shape index (κ1) is 17.9. The zero-order valence-corrected chi connectivity index (χ0v) is 15.2. The number of ether oxygens (including phenoxy) is 1. The molecule has 1 fully saturated rings. The van der Waals surface area contributed by atoms with Gasteiger partial charge >= 0.3 is 0 Å². The highest BCUT2D eigenvalue weighted by Gasteiger charge is 2.44. The van der Waals surface area contributed by atoms with Crippen molar-refractivity contribution >= 4 is 10.0 Å². The van der Waals surface area contributed by atoms with Gasteiger partial charge in [0.1, 0.15) is 5.82 Å². The summed E-state index contributed by atoms with van der Waals surface area (Å²) in [7, 11) is -3.83. The molecule has 6 heteroatoms. The number of benzene rings is 3. The van der Waals surface area contributed by atoms with Crippen LogP contribution in [-0.2, 0) is 14.8 Å². The van der Waals surface area contributed by atoms with Crippen LogP contribution in [-0.4, -0.2) is 19.3 Å². The van der Waals surface area contributed by atoms with E-state index in [1.54, 1.807) is 42.5 Å². The Balaban J connectivity index is 1.82. The number of rotatable bonds is 4. The Labute approximate surface area is 157 Å². The fourth-order valence-electron chi connectivity index (χ4n) is 3.29. The second kappa shape index (κ2) is 7.23. The van der Waals surface area contributed by atoms with Crippen LogP contribution in [0.15, 0.2) is 89.8 Å². The van der Waals surface area contributed by atoms with Gasteiger partial charge in [0.05, 0.1) is 17.5 Å². The summed E-state index contributed by atoms with van der Waals surface area (Å²) in [6.45, 7) is 0.192. The molecule has 0 aliphatic carbocycles. The standard InChI is InChI=1S/C21H18FNO3S/c22-18-13-11-16(12-14-18)20-15-26-21(17-7-3-1-4-8-17)23(20)27(24,25)19-9-5-2-6-10-19/h1-14,20-21H,15H2/t20-,21-/m1/s1. The minimum absolute atomic E-state index is 0.192. The molecular weight excluding hydrogens is 365 g/mol. The minimum Gasteiger partial charge on any atom is -0.356 e. The van der Waals surface area contributed by atoms with Gasteiger partial charge in [0.25, 0.3) is 0 Å². The highest BCUT2D eigenvalue weighted by molar-refractivity contribution is 7.89. The van der Waals surface area contributed by atoms with Gasteiger partial charge in [-0.25, -0.2) is 12.8 Å². The molecule has 1 saturated heterocycles. The van der Waals surface area contributed by atoms with E-state index in [4.69, 9.17) is 4.74 Å². The highest BCUT2D eigenvalue weighted by Crippen LogP contribution is 2.42. The molecule has 4 rings (SSSR count). The predicted octanol–water partition coefficient (Wildman–Crippen LogP) is 4.29. The van der Waals surface area contributed by atoms with E-state index < -0.39 is 22.3 Å². The second-order valence-electron chi connectivity index (χ2n) is 6.31. The van der Waals surface area contributed by atoms with Gasteiger partial charge in [-0.2, -0.15) is 4.31 Å². The lowest BCUT2D eigenvalue weighted by Gasteiger charge is -2.28. The molecule has 0 aromatic heterocycles. The normalized spacial score (nSPS) is 20.6. The van der Waals surface area contributed by atoms with Crippen molar-refractivity contribution in [2.75, 3.05) is 6.61 Å². The number of nitrogens with zero attached hydrogens (tertiary/aromatic N) is 1. The van der Waals surface area contributed by atoms with Crippen molar-refractivity contribution in [3.8, 4) is 0 Å². The second-order valence-corrected chi connectivity index (χ2v) is 8.15. The van der Waals surface area contributed by atoms with Gasteiger partial charge in [-0.05, 0) is 35.4 Å². The lowest BCUT2D eigenvalue weighted by Crippen LogP contribution is -2.33. The van der Waals surface area contributed by atoms with Gasteiger partial charge in [-0.3, -0.25) is 0 Å². The Morgan fingerprint density at radius 2 is 1.41 bits per heavy atom. The Bertz CT molecular complexity index is 1010. The van der Waals surface area contributed by atoms with Crippen LogP contribution in [0.1, 0.15) is 23.4 Å². The van der Waals surface area contributed by atoms with Crippen molar-refractivity contribution in [3.05, 3.63) is 102 Å². The number of sulfonamides is 1. The fraction of sp³-hybridized carbons (Fsp3) is 0.143. The third-order valence-corrected chi connectivity index (χ3v) is 6.48. The molecule has 1 aliphatic heterocycles. The summed E-state index contributed by atoms with van der Waals surface area (Å²) < 4.78 is 47.5. The van der Waals surface area contributed by atoms with E-state index in [0.29, 0.717) is 5.56 Å². The molecular formula is C21H18FNO3S. The average molecular weight is 383 g/mol. The molecule has 0 spiro atoms. The molecule has 0 N–H and O–H groups in total. The Morgan fingerprint density at radius 3 is 2.04 bits per heavy atom. The van der Waals surface area contributed by atoms with Crippen LogP contribution in [0, 0.1) is 5.82 Å². The molecule has 0 bridgehead atoms. The van der Waals surface area contributed by atoms with Gasteiger partial charge < -0.3 is 4.74 Å². The minimum atomic E-state index is -3.83. The van der Waals surface area contributed by atoms with Crippen LogP contribution < -0.4 is 0 Å². The molecule has 4 nitrogen and oxygen atoms in total. The summed E-state index contributed by atoms with van der Waals surface area (Å²) in [6.07, 6.45) is -0.744. The number of hydrogen-bond acceptors (Lipinski definition) is 3. The van der Waals surface area contributed by atoms with Crippen molar-refractivity contribution in [1.29, 1.82) is 0 Å². The van der Waals surface area contributed by atoms with E-state index in [2.05, 4.69) is 0 Å². The summed E-state index contributed by atoms with van der Waals surface area (Å²) in [5, 5.41) is 0. The van der Waals surface area contributed by atoms with E-state index in [-0.39, 0.29) is 17.3 Å². The zero-order chi connectivity index (χ0) is 18.9. The van der Waals surface area contributed by atoms with E-state index in [1.165, 1.54) is 16.4 Å². The van der Waals surface area contributed by atoms with E-state index in [0.717, 1.165) is 5.56 Å². The zero-order valence-electron chi connectivity index (χ0n) is 14.4.